The summed E-state index contributed by atoms with van der Waals surface area (Å²) in [7, 11) is 2.04. The van der Waals surface area contributed by atoms with Gasteiger partial charge in [-0.05, 0) is 36.3 Å². The van der Waals surface area contributed by atoms with E-state index in [0.717, 1.165) is 23.3 Å². The number of hydrogen-bond acceptors (Lipinski definition) is 2. The molecule has 0 saturated heterocycles. The molecular formula is C17H24N2O. The van der Waals surface area contributed by atoms with Crippen molar-refractivity contribution in [3.8, 4) is 0 Å². The average molecular weight is 272 g/mol. The highest BCUT2D eigenvalue weighted by Gasteiger charge is 2.39. The molecular weight excluding hydrogens is 248 g/mol. The number of aryl methyl sites for hydroxylation is 1. The second kappa shape index (κ2) is 4.88. The zero-order chi connectivity index (χ0) is 14.3. The Bertz CT molecular complexity index is 614. The molecule has 2 aromatic rings. The van der Waals surface area contributed by atoms with Crippen LogP contribution >= 0.6 is 0 Å². The molecule has 1 aliphatic rings. The zero-order valence-corrected chi connectivity index (χ0v) is 12.6. The Labute approximate surface area is 120 Å². The fraction of sp³-hybridized carbons (Fsp3) is 0.588. The molecule has 0 spiro atoms. The lowest BCUT2D eigenvalue weighted by Crippen LogP contribution is -2.31. The summed E-state index contributed by atoms with van der Waals surface area (Å²) in [6, 6.07) is 8.16. The first-order chi connectivity index (χ1) is 9.49. The van der Waals surface area contributed by atoms with Gasteiger partial charge in [-0.25, -0.2) is 4.98 Å². The summed E-state index contributed by atoms with van der Waals surface area (Å²) in [5, 5.41) is 10.6. The van der Waals surface area contributed by atoms with Gasteiger partial charge in [-0.2, -0.15) is 0 Å². The van der Waals surface area contributed by atoms with Crippen molar-refractivity contribution < 1.29 is 5.11 Å². The van der Waals surface area contributed by atoms with E-state index in [1.54, 1.807) is 0 Å². The summed E-state index contributed by atoms with van der Waals surface area (Å²) in [5.74, 6) is 1.38. The second-order valence-corrected chi connectivity index (χ2v) is 6.83. The van der Waals surface area contributed by atoms with Crippen LogP contribution in [0.2, 0.25) is 0 Å². The largest absolute Gasteiger partial charge is 0.392 e. The van der Waals surface area contributed by atoms with E-state index in [1.807, 2.05) is 25.2 Å². The highest BCUT2D eigenvalue weighted by atomic mass is 16.3. The number of nitrogens with zero attached hydrogens (tertiary/aromatic N) is 2. The maximum absolute atomic E-state index is 10.6. The first-order valence-corrected chi connectivity index (χ1v) is 7.57. The summed E-state index contributed by atoms with van der Waals surface area (Å²) < 4.78 is 2.11. The third-order valence-corrected chi connectivity index (χ3v) is 5.08. The summed E-state index contributed by atoms with van der Waals surface area (Å²) in [6.07, 6.45) is 3.95. The van der Waals surface area contributed by atoms with E-state index in [-0.39, 0.29) is 11.5 Å². The van der Waals surface area contributed by atoms with E-state index in [0.29, 0.717) is 12.3 Å². The molecule has 1 N–H and O–H groups in total. The molecule has 1 aliphatic carbocycles. The smallest absolute Gasteiger partial charge is 0.112 e. The second-order valence-electron chi connectivity index (χ2n) is 6.83. The van der Waals surface area contributed by atoms with E-state index in [2.05, 4.69) is 29.5 Å². The number of fused-ring (bicyclic) bond motifs is 1. The number of aliphatic hydroxyl groups is 1. The summed E-state index contributed by atoms with van der Waals surface area (Å²) in [4.78, 5) is 4.67. The molecule has 1 heterocycles. The van der Waals surface area contributed by atoms with Crippen molar-refractivity contribution >= 4 is 11.0 Å². The minimum absolute atomic E-state index is 0.254. The molecule has 1 fully saturated rings. The lowest BCUT2D eigenvalue weighted by atomic mass is 9.78. The Morgan fingerprint density at radius 2 is 2.15 bits per heavy atom. The molecule has 108 valence electrons. The maximum atomic E-state index is 10.6. The van der Waals surface area contributed by atoms with E-state index in [1.165, 1.54) is 12.8 Å². The normalized spacial score (nSPS) is 23.3. The molecule has 1 aromatic heterocycles. The van der Waals surface area contributed by atoms with Gasteiger partial charge in [0.1, 0.15) is 5.82 Å². The van der Waals surface area contributed by atoms with Gasteiger partial charge in [0.05, 0.1) is 17.1 Å². The van der Waals surface area contributed by atoms with Crippen molar-refractivity contribution in [2.45, 2.75) is 45.6 Å². The van der Waals surface area contributed by atoms with E-state index >= 15 is 0 Å². The summed E-state index contributed by atoms with van der Waals surface area (Å²) in [5.41, 5.74) is 2.41. The van der Waals surface area contributed by atoms with Crippen LogP contribution in [0.1, 0.15) is 38.9 Å². The number of para-hydroxylation sites is 2. The number of rotatable bonds is 3. The Balaban J connectivity index is 1.84. The molecule has 0 radical (unpaired) electrons. The Morgan fingerprint density at radius 1 is 1.40 bits per heavy atom. The summed E-state index contributed by atoms with van der Waals surface area (Å²) in [6.45, 7) is 4.56. The molecule has 2 atom stereocenters. The fourth-order valence-electron chi connectivity index (χ4n) is 3.77. The number of aromatic nitrogens is 2. The minimum atomic E-state index is -0.289. The van der Waals surface area contributed by atoms with Crippen molar-refractivity contribution in [1.82, 2.24) is 9.55 Å². The number of benzene rings is 1. The van der Waals surface area contributed by atoms with Crippen LogP contribution in [-0.4, -0.2) is 20.8 Å². The van der Waals surface area contributed by atoms with Gasteiger partial charge in [-0.1, -0.05) is 32.4 Å². The van der Waals surface area contributed by atoms with Gasteiger partial charge in [0.15, 0.2) is 0 Å². The number of hydrogen-bond donors (Lipinski definition) is 1. The molecule has 20 heavy (non-hydrogen) atoms. The Morgan fingerprint density at radius 3 is 2.80 bits per heavy atom. The monoisotopic (exact) mass is 272 g/mol. The van der Waals surface area contributed by atoms with Crippen LogP contribution in [0.25, 0.3) is 11.0 Å². The zero-order valence-electron chi connectivity index (χ0n) is 12.6. The topological polar surface area (TPSA) is 38.0 Å². The molecule has 0 amide bonds. The van der Waals surface area contributed by atoms with Crippen molar-refractivity contribution in [2.75, 3.05) is 0 Å². The van der Waals surface area contributed by atoms with Crippen molar-refractivity contribution in [1.29, 1.82) is 0 Å². The van der Waals surface area contributed by atoms with Gasteiger partial charge < -0.3 is 9.67 Å². The van der Waals surface area contributed by atoms with Gasteiger partial charge in [0.25, 0.3) is 0 Å². The van der Waals surface area contributed by atoms with Crippen molar-refractivity contribution in [3.05, 3.63) is 30.1 Å². The van der Waals surface area contributed by atoms with E-state index in [9.17, 15) is 5.11 Å². The predicted octanol–water partition coefficient (Wildman–Crippen LogP) is 3.30. The third-order valence-electron chi connectivity index (χ3n) is 5.08. The average Bonchev–Trinajstić information content (AvgIpc) is 2.91. The molecule has 3 heteroatoms. The quantitative estimate of drug-likeness (QED) is 0.931. The highest BCUT2D eigenvalue weighted by Crippen LogP contribution is 2.44. The van der Waals surface area contributed by atoms with E-state index < -0.39 is 0 Å². The van der Waals surface area contributed by atoms with Crippen LogP contribution in [0.5, 0.6) is 0 Å². The maximum Gasteiger partial charge on any atom is 0.112 e. The number of aliphatic hydroxyl groups excluding tert-OH is 1. The predicted molar refractivity (Wildman–Crippen MR) is 81.5 cm³/mol. The standard InChI is InChI=1S/C17H24N2O/c1-17(2)10-6-7-12(17)15(20)11-16-18-13-8-4-5-9-14(13)19(16)3/h4-5,8-9,12,15,20H,6-7,10-11H2,1-3H3. The minimum Gasteiger partial charge on any atom is -0.392 e. The third kappa shape index (κ3) is 2.24. The van der Waals surface area contributed by atoms with Crippen molar-refractivity contribution in [2.24, 2.45) is 18.4 Å². The van der Waals surface area contributed by atoms with Crippen LogP contribution in [0, 0.1) is 11.3 Å². The summed E-state index contributed by atoms with van der Waals surface area (Å²) >= 11 is 0. The van der Waals surface area contributed by atoms with Crippen LogP contribution < -0.4 is 0 Å². The molecule has 3 rings (SSSR count). The van der Waals surface area contributed by atoms with Crippen LogP contribution in [-0.2, 0) is 13.5 Å². The van der Waals surface area contributed by atoms with Crippen molar-refractivity contribution in [3.63, 3.8) is 0 Å². The molecule has 0 aliphatic heterocycles. The van der Waals surface area contributed by atoms with Gasteiger partial charge in [-0.15, -0.1) is 0 Å². The Hall–Kier alpha value is -1.35. The van der Waals surface area contributed by atoms with Gasteiger partial charge in [-0.3, -0.25) is 0 Å². The van der Waals surface area contributed by atoms with Gasteiger partial charge in [0.2, 0.25) is 0 Å². The molecule has 1 saturated carbocycles. The highest BCUT2D eigenvalue weighted by molar-refractivity contribution is 5.75. The molecule has 2 unspecified atom stereocenters. The van der Waals surface area contributed by atoms with Crippen LogP contribution in [0.3, 0.4) is 0 Å². The number of imidazole rings is 1. The lowest BCUT2D eigenvalue weighted by molar-refractivity contribution is 0.0524. The lowest BCUT2D eigenvalue weighted by Gasteiger charge is -2.31. The van der Waals surface area contributed by atoms with Gasteiger partial charge in [0, 0.05) is 13.5 Å². The van der Waals surface area contributed by atoms with Gasteiger partial charge >= 0.3 is 0 Å². The molecule has 1 aromatic carbocycles. The Kier molecular flexibility index (Phi) is 3.33. The van der Waals surface area contributed by atoms with Crippen LogP contribution in [0.15, 0.2) is 24.3 Å². The molecule has 0 bridgehead atoms. The fourth-order valence-corrected chi connectivity index (χ4v) is 3.77. The first-order valence-electron chi connectivity index (χ1n) is 7.57. The van der Waals surface area contributed by atoms with Crippen LogP contribution in [0.4, 0.5) is 0 Å². The molecule has 3 nitrogen and oxygen atoms in total. The SMILES string of the molecule is Cn1c(CC(O)C2CCCC2(C)C)nc2ccccc21. The first kappa shape index (κ1) is 13.6. The van der Waals surface area contributed by atoms with E-state index in [4.69, 9.17) is 0 Å².